The highest BCUT2D eigenvalue weighted by Crippen LogP contribution is 2.21. The molecule has 0 bridgehead atoms. The summed E-state index contributed by atoms with van der Waals surface area (Å²) < 4.78 is 13.8. The van der Waals surface area contributed by atoms with Crippen molar-refractivity contribution in [1.82, 2.24) is 5.32 Å². The van der Waals surface area contributed by atoms with Crippen LogP contribution in [0, 0.1) is 5.82 Å². The fraction of sp³-hybridized carbons (Fsp3) is 0.417. The van der Waals surface area contributed by atoms with Crippen molar-refractivity contribution in [3.63, 3.8) is 0 Å². The molecule has 0 aliphatic rings. The summed E-state index contributed by atoms with van der Waals surface area (Å²) in [5.41, 5.74) is 0.387. The Morgan fingerprint density at radius 3 is 2.50 bits per heavy atom. The number of thiophene rings is 1. The summed E-state index contributed by atoms with van der Waals surface area (Å²) in [6.07, 6.45) is -0.231. The predicted molar refractivity (Wildman–Crippen MR) is 69.4 cm³/mol. The van der Waals surface area contributed by atoms with E-state index in [1.807, 2.05) is 0 Å². The Hall–Kier alpha value is -1.96. The van der Waals surface area contributed by atoms with Crippen molar-refractivity contribution in [2.24, 2.45) is 0 Å². The third-order valence-corrected chi connectivity index (χ3v) is 3.64. The first-order chi connectivity index (χ1) is 9.36. The maximum absolute atomic E-state index is 13.8. The summed E-state index contributed by atoms with van der Waals surface area (Å²) in [6, 6.07) is -1.36. The maximum atomic E-state index is 13.8. The van der Waals surface area contributed by atoms with E-state index in [0.29, 0.717) is 12.0 Å². The first-order valence-corrected chi connectivity index (χ1v) is 6.76. The topological polar surface area (TPSA) is 104 Å². The molecule has 1 heterocycles. The quantitative estimate of drug-likeness (QED) is 0.708. The Bertz CT molecular complexity index is 528. The number of nitrogens with one attached hydrogen (secondary N) is 1. The van der Waals surface area contributed by atoms with Crippen LogP contribution >= 0.6 is 11.3 Å². The van der Waals surface area contributed by atoms with Gasteiger partial charge in [-0.25, -0.2) is 9.18 Å². The lowest BCUT2D eigenvalue weighted by Gasteiger charge is -2.12. The van der Waals surface area contributed by atoms with Crippen LogP contribution in [0.2, 0.25) is 0 Å². The van der Waals surface area contributed by atoms with Crippen molar-refractivity contribution in [3.05, 3.63) is 21.6 Å². The van der Waals surface area contributed by atoms with Crippen LogP contribution in [-0.4, -0.2) is 34.1 Å². The smallest absolute Gasteiger partial charge is 0.326 e. The molecule has 0 radical (unpaired) electrons. The Balaban J connectivity index is 2.77. The van der Waals surface area contributed by atoms with Gasteiger partial charge in [0.15, 0.2) is 0 Å². The molecule has 8 heteroatoms. The van der Waals surface area contributed by atoms with Gasteiger partial charge in [0.05, 0.1) is 0 Å². The van der Waals surface area contributed by atoms with Crippen molar-refractivity contribution < 1.29 is 29.0 Å². The van der Waals surface area contributed by atoms with Gasteiger partial charge in [0.2, 0.25) is 0 Å². The van der Waals surface area contributed by atoms with E-state index >= 15 is 0 Å². The Morgan fingerprint density at radius 2 is 2.05 bits per heavy atom. The summed E-state index contributed by atoms with van der Waals surface area (Å²) in [4.78, 5) is 33.0. The van der Waals surface area contributed by atoms with Crippen LogP contribution in [0.3, 0.4) is 0 Å². The maximum Gasteiger partial charge on any atom is 0.326 e. The Labute approximate surface area is 118 Å². The average Bonchev–Trinajstić information content (AvgIpc) is 2.74. The van der Waals surface area contributed by atoms with E-state index in [1.165, 1.54) is 5.38 Å². The zero-order chi connectivity index (χ0) is 15.3. The summed E-state index contributed by atoms with van der Waals surface area (Å²) in [5, 5.41) is 21.0. The number of rotatable bonds is 7. The molecule has 0 spiro atoms. The van der Waals surface area contributed by atoms with Crippen molar-refractivity contribution in [1.29, 1.82) is 0 Å². The van der Waals surface area contributed by atoms with E-state index in [2.05, 4.69) is 5.32 Å². The minimum absolute atomic E-state index is 0.191. The van der Waals surface area contributed by atoms with Gasteiger partial charge in [-0.05, 0) is 23.8 Å². The molecule has 0 aliphatic heterocycles. The van der Waals surface area contributed by atoms with E-state index in [9.17, 15) is 18.8 Å². The summed E-state index contributed by atoms with van der Waals surface area (Å²) in [6.45, 7) is 1.74. The molecule has 0 fully saturated rings. The molecule has 0 unspecified atom stereocenters. The number of aryl methyl sites for hydroxylation is 1. The van der Waals surface area contributed by atoms with E-state index in [4.69, 9.17) is 10.2 Å². The molecule has 1 aromatic heterocycles. The van der Waals surface area contributed by atoms with Crippen LogP contribution in [-0.2, 0) is 16.0 Å². The second-order valence-corrected chi connectivity index (χ2v) is 4.93. The third-order valence-electron chi connectivity index (χ3n) is 2.64. The van der Waals surface area contributed by atoms with Crippen molar-refractivity contribution in [2.45, 2.75) is 32.2 Å². The van der Waals surface area contributed by atoms with Gasteiger partial charge in [-0.15, -0.1) is 11.3 Å². The number of amides is 1. The molecule has 20 heavy (non-hydrogen) atoms. The van der Waals surface area contributed by atoms with Gasteiger partial charge >= 0.3 is 11.9 Å². The number of halogens is 1. The lowest BCUT2D eigenvalue weighted by Crippen LogP contribution is -2.41. The second-order valence-electron chi connectivity index (χ2n) is 4.05. The van der Waals surface area contributed by atoms with Crippen LogP contribution in [0.1, 0.15) is 35.0 Å². The van der Waals surface area contributed by atoms with Gasteiger partial charge in [-0.1, -0.05) is 6.92 Å². The molecule has 0 saturated heterocycles. The van der Waals surface area contributed by atoms with Gasteiger partial charge < -0.3 is 15.5 Å². The minimum atomic E-state index is -1.36. The predicted octanol–water partition coefficient (Wildman–Crippen LogP) is 1.50. The molecule has 0 saturated carbocycles. The van der Waals surface area contributed by atoms with Gasteiger partial charge in [0.1, 0.15) is 16.7 Å². The standard InChI is InChI=1S/C12H14FNO5S/c1-2-6-5-20-10(9(6)13)11(17)14-7(12(18)19)3-4-8(15)16/h5,7H,2-4H2,1H3,(H,14,17)(H,15,16)(H,18,19)/t7-/m0/s1. The highest BCUT2D eigenvalue weighted by atomic mass is 32.1. The average molecular weight is 303 g/mol. The van der Waals surface area contributed by atoms with Crippen LogP contribution in [0.15, 0.2) is 5.38 Å². The monoisotopic (exact) mass is 303 g/mol. The Kier molecular flexibility index (Phi) is 5.63. The molecule has 1 aromatic rings. The molecule has 0 aromatic carbocycles. The van der Waals surface area contributed by atoms with E-state index in [0.717, 1.165) is 11.3 Å². The van der Waals surface area contributed by atoms with E-state index in [1.54, 1.807) is 6.92 Å². The normalized spacial score (nSPS) is 11.9. The molecule has 6 nitrogen and oxygen atoms in total. The second kappa shape index (κ2) is 6.99. The molecule has 110 valence electrons. The zero-order valence-corrected chi connectivity index (χ0v) is 11.5. The van der Waals surface area contributed by atoms with Gasteiger partial charge in [0.25, 0.3) is 5.91 Å². The molecular weight excluding hydrogens is 289 g/mol. The fourth-order valence-electron chi connectivity index (χ4n) is 1.52. The third kappa shape index (κ3) is 4.02. The molecule has 3 N–H and O–H groups in total. The van der Waals surface area contributed by atoms with Crippen molar-refractivity contribution >= 4 is 29.2 Å². The lowest BCUT2D eigenvalue weighted by atomic mass is 10.1. The van der Waals surface area contributed by atoms with Crippen LogP contribution < -0.4 is 5.32 Å². The number of carbonyl (C=O) groups excluding carboxylic acids is 1. The molecule has 0 aliphatic carbocycles. The SMILES string of the molecule is CCc1csc(C(=O)N[C@@H](CCC(=O)O)C(=O)O)c1F. The van der Waals surface area contributed by atoms with Crippen LogP contribution in [0.25, 0.3) is 0 Å². The number of carboxylic acid groups (broad SMARTS) is 2. The zero-order valence-electron chi connectivity index (χ0n) is 10.7. The van der Waals surface area contributed by atoms with Crippen molar-refractivity contribution in [2.75, 3.05) is 0 Å². The molecule has 1 rings (SSSR count). The Morgan fingerprint density at radius 1 is 1.40 bits per heavy atom. The van der Waals surface area contributed by atoms with Crippen LogP contribution in [0.5, 0.6) is 0 Å². The summed E-state index contributed by atoms with van der Waals surface area (Å²) in [5.74, 6) is -4.02. The van der Waals surface area contributed by atoms with Gasteiger partial charge in [-0.2, -0.15) is 0 Å². The number of carboxylic acids is 2. The minimum Gasteiger partial charge on any atom is -0.481 e. The number of hydrogen-bond acceptors (Lipinski definition) is 4. The molecule has 1 amide bonds. The number of aliphatic carboxylic acids is 2. The lowest BCUT2D eigenvalue weighted by molar-refractivity contribution is -0.140. The largest absolute Gasteiger partial charge is 0.481 e. The fourth-order valence-corrected chi connectivity index (χ4v) is 2.45. The van der Waals surface area contributed by atoms with Gasteiger partial charge in [-0.3, -0.25) is 9.59 Å². The van der Waals surface area contributed by atoms with Crippen molar-refractivity contribution in [3.8, 4) is 0 Å². The first-order valence-electron chi connectivity index (χ1n) is 5.88. The van der Waals surface area contributed by atoms with E-state index in [-0.39, 0.29) is 11.3 Å². The molecule has 1 atom stereocenters. The van der Waals surface area contributed by atoms with Gasteiger partial charge in [0, 0.05) is 6.42 Å². The molecular formula is C12H14FNO5S. The van der Waals surface area contributed by atoms with Crippen LogP contribution in [0.4, 0.5) is 4.39 Å². The number of hydrogen-bond donors (Lipinski definition) is 3. The first kappa shape index (κ1) is 16.1. The summed E-state index contributed by atoms with van der Waals surface area (Å²) in [7, 11) is 0. The highest BCUT2D eigenvalue weighted by Gasteiger charge is 2.24. The number of carbonyl (C=O) groups is 3. The van der Waals surface area contributed by atoms with E-state index < -0.39 is 36.1 Å². The summed E-state index contributed by atoms with van der Waals surface area (Å²) >= 11 is 0.891. The highest BCUT2D eigenvalue weighted by molar-refractivity contribution is 7.12.